The molecular weight excluding hydrogens is 366 g/mol. The van der Waals surface area contributed by atoms with E-state index >= 15 is 0 Å². The van der Waals surface area contributed by atoms with Gasteiger partial charge in [0, 0.05) is 18.0 Å². The predicted molar refractivity (Wildman–Crippen MR) is 120 cm³/mol. The minimum atomic E-state index is -0.139. The SMILES string of the molecule is CCCCCCOc1ccc2c(OCCCC)c(OC)c(=O)n(CCCC)c2c1. The first-order chi connectivity index (χ1) is 14.2. The number of hydrogen-bond acceptors (Lipinski definition) is 4. The van der Waals surface area contributed by atoms with Crippen LogP contribution in [0.2, 0.25) is 0 Å². The molecule has 0 radical (unpaired) electrons. The Kier molecular flexibility index (Phi) is 9.89. The van der Waals surface area contributed by atoms with Gasteiger partial charge in [-0.2, -0.15) is 0 Å². The summed E-state index contributed by atoms with van der Waals surface area (Å²) in [6, 6.07) is 5.92. The van der Waals surface area contributed by atoms with Crippen LogP contribution in [0.3, 0.4) is 0 Å². The molecule has 0 N–H and O–H groups in total. The lowest BCUT2D eigenvalue weighted by atomic mass is 10.1. The Balaban J connectivity index is 2.43. The number of hydrogen-bond donors (Lipinski definition) is 0. The summed E-state index contributed by atoms with van der Waals surface area (Å²) in [7, 11) is 1.53. The van der Waals surface area contributed by atoms with Crippen molar-refractivity contribution in [2.24, 2.45) is 0 Å². The summed E-state index contributed by atoms with van der Waals surface area (Å²) in [5.41, 5.74) is 0.710. The molecule has 0 aliphatic rings. The molecule has 0 fully saturated rings. The molecule has 0 saturated heterocycles. The van der Waals surface area contributed by atoms with E-state index in [4.69, 9.17) is 14.2 Å². The molecule has 2 rings (SSSR count). The second-order valence-corrected chi connectivity index (χ2v) is 7.46. The smallest absolute Gasteiger partial charge is 0.297 e. The van der Waals surface area contributed by atoms with Gasteiger partial charge in [-0.05, 0) is 31.4 Å². The van der Waals surface area contributed by atoms with E-state index < -0.39 is 0 Å². The molecule has 0 bridgehead atoms. The lowest BCUT2D eigenvalue weighted by Crippen LogP contribution is -2.23. The molecule has 2 aromatic rings. The van der Waals surface area contributed by atoms with Gasteiger partial charge in [0.05, 0.1) is 25.8 Å². The third-order valence-corrected chi connectivity index (χ3v) is 5.10. The lowest BCUT2D eigenvalue weighted by molar-refractivity contribution is 0.288. The molecule has 0 aliphatic carbocycles. The maximum Gasteiger partial charge on any atom is 0.297 e. The van der Waals surface area contributed by atoms with Crippen LogP contribution in [-0.4, -0.2) is 24.9 Å². The number of nitrogens with zero attached hydrogens (tertiary/aromatic N) is 1. The number of rotatable bonds is 14. The van der Waals surface area contributed by atoms with E-state index in [0.717, 1.165) is 48.8 Å². The average molecular weight is 404 g/mol. The molecular formula is C24H37NO4. The van der Waals surface area contributed by atoms with Gasteiger partial charge in [0.1, 0.15) is 5.75 Å². The van der Waals surface area contributed by atoms with Crippen LogP contribution in [-0.2, 0) is 6.54 Å². The predicted octanol–water partition coefficient (Wildman–Crippen LogP) is 5.95. The lowest BCUT2D eigenvalue weighted by Gasteiger charge is -2.18. The number of methoxy groups -OCH3 is 1. The van der Waals surface area contributed by atoms with Crippen molar-refractivity contribution in [3.8, 4) is 17.2 Å². The van der Waals surface area contributed by atoms with Crippen LogP contribution in [0.15, 0.2) is 23.0 Å². The van der Waals surface area contributed by atoms with Crippen molar-refractivity contribution in [2.75, 3.05) is 20.3 Å². The van der Waals surface area contributed by atoms with Crippen LogP contribution >= 0.6 is 0 Å². The Morgan fingerprint density at radius 1 is 0.828 bits per heavy atom. The molecule has 0 amide bonds. The average Bonchev–Trinajstić information content (AvgIpc) is 2.73. The molecule has 0 atom stereocenters. The van der Waals surface area contributed by atoms with Gasteiger partial charge in [0.15, 0.2) is 5.75 Å². The molecule has 0 unspecified atom stereocenters. The van der Waals surface area contributed by atoms with Crippen molar-refractivity contribution in [3.05, 3.63) is 28.6 Å². The van der Waals surface area contributed by atoms with Gasteiger partial charge in [-0.25, -0.2) is 0 Å². The van der Waals surface area contributed by atoms with E-state index in [1.165, 1.54) is 26.4 Å². The molecule has 1 aromatic carbocycles. The Morgan fingerprint density at radius 3 is 2.24 bits per heavy atom. The highest BCUT2D eigenvalue weighted by Gasteiger charge is 2.19. The third kappa shape index (κ3) is 6.15. The Hall–Kier alpha value is -2.17. The summed E-state index contributed by atoms with van der Waals surface area (Å²) in [6.45, 7) is 8.35. The van der Waals surface area contributed by atoms with Gasteiger partial charge < -0.3 is 18.8 Å². The standard InChI is InChI=1S/C24H37NO4/c1-5-8-11-12-17-28-19-13-14-20-21(18-19)25(15-9-6-2)24(26)23(27-4)22(20)29-16-10-7-3/h13-14,18H,5-12,15-17H2,1-4H3. The van der Waals surface area contributed by atoms with Gasteiger partial charge in [0.25, 0.3) is 5.56 Å². The zero-order chi connectivity index (χ0) is 21.1. The molecule has 1 aromatic heterocycles. The van der Waals surface area contributed by atoms with Crippen molar-refractivity contribution in [2.45, 2.75) is 78.7 Å². The summed E-state index contributed by atoms with van der Waals surface area (Å²) in [6.07, 6.45) is 8.57. The summed E-state index contributed by atoms with van der Waals surface area (Å²) in [4.78, 5) is 13.1. The van der Waals surface area contributed by atoms with Crippen LogP contribution in [0, 0.1) is 0 Å². The molecule has 5 nitrogen and oxygen atoms in total. The highest BCUT2D eigenvalue weighted by atomic mass is 16.5. The number of ether oxygens (including phenoxy) is 3. The number of benzene rings is 1. The van der Waals surface area contributed by atoms with Gasteiger partial charge in [-0.15, -0.1) is 0 Å². The number of pyridine rings is 1. The molecule has 5 heteroatoms. The molecule has 0 saturated carbocycles. The van der Waals surface area contributed by atoms with Crippen molar-refractivity contribution in [1.82, 2.24) is 4.57 Å². The normalized spacial score (nSPS) is 11.0. The summed E-state index contributed by atoms with van der Waals surface area (Å²) < 4.78 is 19.3. The highest BCUT2D eigenvalue weighted by molar-refractivity contribution is 5.89. The molecule has 1 heterocycles. The van der Waals surface area contributed by atoms with Crippen molar-refractivity contribution in [3.63, 3.8) is 0 Å². The fourth-order valence-electron chi connectivity index (χ4n) is 3.37. The number of unbranched alkanes of at least 4 members (excludes halogenated alkanes) is 5. The molecule has 0 aliphatic heterocycles. The molecule has 0 spiro atoms. The minimum Gasteiger partial charge on any atom is -0.494 e. The first-order valence-electron chi connectivity index (χ1n) is 11.2. The Bertz CT molecular complexity index is 813. The maximum absolute atomic E-state index is 13.1. The zero-order valence-electron chi connectivity index (χ0n) is 18.6. The van der Waals surface area contributed by atoms with Crippen molar-refractivity contribution >= 4 is 10.9 Å². The van der Waals surface area contributed by atoms with Crippen LogP contribution in [0.25, 0.3) is 10.9 Å². The Labute approximate surface area is 175 Å². The first-order valence-corrected chi connectivity index (χ1v) is 11.2. The number of aryl methyl sites for hydroxylation is 1. The topological polar surface area (TPSA) is 49.7 Å². The maximum atomic E-state index is 13.1. The summed E-state index contributed by atoms with van der Waals surface area (Å²) in [5, 5.41) is 0.895. The van der Waals surface area contributed by atoms with E-state index in [1.807, 2.05) is 18.2 Å². The van der Waals surface area contributed by atoms with E-state index in [2.05, 4.69) is 20.8 Å². The third-order valence-electron chi connectivity index (χ3n) is 5.10. The second kappa shape index (κ2) is 12.4. The largest absolute Gasteiger partial charge is 0.494 e. The van der Waals surface area contributed by atoms with Gasteiger partial charge >= 0.3 is 0 Å². The fraction of sp³-hybridized carbons (Fsp3) is 0.625. The molecule has 162 valence electrons. The fourth-order valence-corrected chi connectivity index (χ4v) is 3.37. The van der Waals surface area contributed by atoms with Crippen molar-refractivity contribution < 1.29 is 14.2 Å². The quantitative estimate of drug-likeness (QED) is 0.366. The monoisotopic (exact) mass is 403 g/mol. The van der Waals surface area contributed by atoms with Crippen LogP contribution in [0.1, 0.15) is 72.1 Å². The summed E-state index contributed by atoms with van der Waals surface area (Å²) in [5.74, 6) is 1.63. The van der Waals surface area contributed by atoms with Crippen LogP contribution in [0.5, 0.6) is 17.2 Å². The zero-order valence-corrected chi connectivity index (χ0v) is 18.6. The highest BCUT2D eigenvalue weighted by Crippen LogP contribution is 2.35. The number of fused-ring (bicyclic) bond motifs is 1. The van der Waals surface area contributed by atoms with Crippen molar-refractivity contribution in [1.29, 1.82) is 0 Å². The van der Waals surface area contributed by atoms with Crippen LogP contribution in [0.4, 0.5) is 0 Å². The van der Waals surface area contributed by atoms with E-state index in [1.54, 1.807) is 4.57 Å². The Morgan fingerprint density at radius 2 is 1.55 bits per heavy atom. The second-order valence-electron chi connectivity index (χ2n) is 7.46. The van der Waals surface area contributed by atoms with E-state index in [0.29, 0.717) is 25.5 Å². The van der Waals surface area contributed by atoms with Crippen LogP contribution < -0.4 is 19.8 Å². The first kappa shape index (κ1) is 23.1. The van der Waals surface area contributed by atoms with Gasteiger partial charge in [-0.3, -0.25) is 4.79 Å². The number of aromatic nitrogens is 1. The molecule has 29 heavy (non-hydrogen) atoms. The van der Waals surface area contributed by atoms with E-state index in [9.17, 15) is 4.79 Å². The minimum absolute atomic E-state index is 0.139. The summed E-state index contributed by atoms with van der Waals surface area (Å²) >= 11 is 0. The van der Waals surface area contributed by atoms with Gasteiger partial charge in [-0.1, -0.05) is 52.9 Å². The van der Waals surface area contributed by atoms with Gasteiger partial charge in [0.2, 0.25) is 5.75 Å². The van der Waals surface area contributed by atoms with E-state index in [-0.39, 0.29) is 11.3 Å².